The molecule has 0 bridgehead atoms. The number of aromatic hydroxyl groups is 1. The third-order valence-corrected chi connectivity index (χ3v) is 10.8. The smallest absolute Gasteiger partial charge is 0.169 e. The van der Waals surface area contributed by atoms with Crippen LogP contribution >= 0.6 is 0 Å². The molecule has 0 unspecified atom stereocenters. The van der Waals surface area contributed by atoms with Crippen molar-refractivity contribution >= 4 is 0 Å². The van der Waals surface area contributed by atoms with E-state index in [2.05, 4.69) is 42.1 Å². The Labute approximate surface area is 294 Å². The minimum atomic E-state index is 0.0370. The van der Waals surface area contributed by atoms with Gasteiger partial charge >= 0.3 is 0 Å². The molecule has 0 spiro atoms. The minimum Gasteiger partial charge on any atom is -0.504 e. The highest BCUT2D eigenvalue weighted by molar-refractivity contribution is 5.84. The molecular weight excluding hydrogens is 636 g/mol. The molecule has 2 heterocycles. The Bertz CT molecular complexity index is 1940. The van der Waals surface area contributed by atoms with E-state index in [-0.39, 0.29) is 17.8 Å². The topological polar surface area (TPSA) is 91.3 Å². The van der Waals surface area contributed by atoms with E-state index >= 15 is 0 Å². The van der Waals surface area contributed by atoms with Crippen LogP contribution in [-0.2, 0) is 25.7 Å². The Hall–Kier alpha value is -4.80. The lowest BCUT2D eigenvalue weighted by molar-refractivity contribution is 0.226. The maximum Gasteiger partial charge on any atom is 0.169 e. The van der Waals surface area contributed by atoms with Gasteiger partial charge in [-0.2, -0.15) is 0 Å². The second kappa shape index (κ2) is 13.5. The maximum absolute atomic E-state index is 11.5. The molecule has 10 heteroatoms. The predicted molar refractivity (Wildman–Crippen MR) is 191 cm³/mol. The Kier molecular flexibility index (Phi) is 9.09. The lowest BCUT2D eigenvalue weighted by Gasteiger charge is -2.40. The van der Waals surface area contributed by atoms with Crippen molar-refractivity contribution in [3.8, 4) is 62.9 Å². The average molecular weight is 683 g/mol. The van der Waals surface area contributed by atoms with Crippen molar-refractivity contribution in [2.45, 2.75) is 37.8 Å². The van der Waals surface area contributed by atoms with Crippen molar-refractivity contribution in [3.63, 3.8) is 0 Å². The van der Waals surface area contributed by atoms with E-state index in [0.29, 0.717) is 46.7 Å². The van der Waals surface area contributed by atoms with Crippen molar-refractivity contribution < 1.29 is 38.3 Å². The van der Waals surface area contributed by atoms with Gasteiger partial charge in [0, 0.05) is 42.4 Å². The van der Waals surface area contributed by atoms with E-state index in [4.69, 9.17) is 33.2 Å². The number of ether oxygens (including phenoxy) is 7. The third-order valence-electron chi connectivity index (χ3n) is 10.8. The number of phenolic OH excluding ortho intramolecular Hbond substituents is 1. The molecule has 0 saturated carbocycles. The summed E-state index contributed by atoms with van der Waals surface area (Å²) in [6.45, 7) is 1.82. The summed E-state index contributed by atoms with van der Waals surface area (Å²) in [5.74, 6) is 5.02. The summed E-state index contributed by atoms with van der Waals surface area (Å²) in [7, 11) is 14.1. The van der Waals surface area contributed by atoms with Crippen molar-refractivity contribution in [3.05, 3.63) is 75.8 Å². The molecule has 7 rings (SSSR count). The van der Waals surface area contributed by atoms with Crippen LogP contribution in [0.3, 0.4) is 0 Å². The average Bonchev–Trinajstić information content (AvgIpc) is 3.14. The maximum atomic E-state index is 11.5. The van der Waals surface area contributed by atoms with E-state index in [1.165, 1.54) is 16.7 Å². The largest absolute Gasteiger partial charge is 0.504 e. The molecule has 3 aliphatic rings. The number of rotatable bonds is 10. The molecule has 0 radical (unpaired) electrons. The van der Waals surface area contributed by atoms with Crippen LogP contribution in [0.5, 0.6) is 51.7 Å². The Morgan fingerprint density at radius 1 is 0.600 bits per heavy atom. The predicted octanol–water partition coefficient (Wildman–Crippen LogP) is 6.76. The summed E-state index contributed by atoms with van der Waals surface area (Å²) >= 11 is 0. The van der Waals surface area contributed by atoms with Crippen LogP contribution in [0.15, 0.2) is 42.5 Å². The number of likely N-dealkylation sites (N-methyl/N-ethyl adjacent to an activating group) is 2. The van der Waals surface area contributed by atoms with Gasteiger partial charge in [0.15, 0.2) is 46.0 Å². The molecule has 2 aliphatic heterocycles. The van der Waals surface area contributed by atoms with Crippen molar-refractivity contribution in [2.24, 2.45) is 0 Å². The van der Waals surface area contributed by atoms with Gasteiger partial charge in [0.1, 0.15) is 5.75 Å². The highest BCUT2D eigenvalue weighted by Crippen LogP contribution is 2.54. The molecular formula is C40H46N2O8. The Balaban J connectivity index is 1.33. The van der Waals surface area contributed by atoms with Crippen LogP contribution in [0, 0.1) is 0 Å². The number of hydrogen-bond acceptors (Lipinski definition) is 10. The minimum absolute atomic E-state index is 0.0370. The van der Waals surface area contributed by atoms with Gasteiger partial charge in [0.05, 0.1) is 42.7 Å². The molecule has 10 nitrogen and oxygen atoms in total. The van der Waals surface area contributed by atoms with Crippen LogP contribution < -0.4 is 33.2 Å². The van der Waals surface area contributed by atoms with E-state index < -0.39 is 0 Å². The van der Waals surface area contributed by atoms with Crippen LogP contribution in [-0.4, -0.2) is 84.7 Å². The molecule has 0 aromatic heterocycles. The highest BCUT2D eigenvalue weighted by atomic mass is 16.5. The SMILES string of the molecule is COc1cc(C[C@@H]2c3cc(OC)c(OC)cc3CCN2C)c(Oc2cc3c(cc2OC)-c2c(O)c(OC)cc4c2[C@@H](C3)N(C)CC4)cc1OC. The second-order valence-corrected chi connectivity index (χ2v) is 13.3. The highest BCUT2D eigenvalue weighted by Gasteiger charge is 2.37. The second-order valence-electron chi connectivity index (χ2n) is 13.3. The number of methoxy groups -OCH3 is 6. The zero-order valence-electron chi connectivity index (χ0n) is 30.1. The van der Waals surface area contributed by atoms with E-state index in [9.17, 15) is 5.11 Å². The fraction of sp³-hybridized carbons (Fsp3) is 0.400. The number of nitrogens with zero attached hydrogens (tertiary/aromatic N) is 2. The first kappa shape index (κ1) is 33.7. The number of phenols is 1. The first-order valence-corrected chi connectivity index (χ1v) is 16.9. The van der Waals surface area contributed by atoms with Crippen LogP contribution in [0.25, 0.3) is 11.1 Å². The van der Waals surface area contributed by atoms with Gasteiger partial charge in [0.2, 0.25) is 0 Å². The van der Waals surface area contributed by atoms with Crippen molar-refractivity contribution in [1.82, 2.24) is 9.80 Å². The molecule has 0 saturated heterocycles. The molecule has 2 atom stereocenters. The van der Waals surface area contributed by atoms with Crippen molar-refractivity contribution in [1.29, 1.82) is 0 Å². The molecule has 264 valence electrons. The third kappa shape index (κ3) is 5.60. The molecule has 0 amide bonds. The molecule has 1 aliphatic carbocycles. The van der Waals surface area contributed by atoms with Crippen LogP contribution in [0.1, 0.15) is 45.5 Å². The number of fused-ring (bicyclic) bond motifs is 3. The number of benzene rings is 4. The summed E-state index contributed by atoms with van der Waals surface area (Å²) in [4.78, 5) is 4.72. The first-order valence-electron chi connectivity index (χ1n) is 16.9. The van der Waals surface area contributed by atoms with Crippen molar-refractivity contribution in [2.75, 3.05) is 69.8 Å². The monoisotopic (exact) mass is 682 g/mol. The zero-order chi connectivity index (χ0) is 35.3. The Morgan fingerprint density at radius 3 is 1.86 bits per heavy atom. The van der Waals surface area contributed by atoms with E-state index in [0.717, 1.165) is 65.9 Å². The van der Waals surface area contributed by atoms with Crippen LogP contribution in [0.4, 0.5) is 0 Å². The normalized spacial score (nSPS) is 18.0. The summed E-state index contributed by atoms with van der Waals surface area (Å²) < 4.78 is 41.3. The lowest BCUT2D eigenvalue weighted by Crippen LogP contribution is -2.35. The number of hydrogen-bond donors (Lipinski definition) is 1. The lowest BCUT2D eigenvalue weighted by atomic mass is 9.76. The molecule has 1 N–H and O–H groups in total. The fourth-order valence-electron chi connectivity index (χ4n) is 8.02. The fourth-order valence-corrected chi connectivity index (χ4v) is 8.02. The van der Waals surface area contributed by atoms with Crippen LogP contribution in [0.2, 0.25) is 0 Å². The summed E-state index contributed by atoms with van der Waals surface area (Å²) in [5, 5.41) is 11.5. The first-order chi connectivity index (χ1) is 24.2. The zero-order valence-corrected chi connectivity index (χ0v) is 30.1. The van der Waals surface area contributed by atoms with Gasteiger partial charge in [0.25, 0.3) is 0 Å². The van der Waals surface area contributed by atoms with Gasteiger partial charge in [-0.3, -0.25) is 9.80 Å². The summed E-state index contributed by atoms with van der Waals surface area (Å²) in [6, 6.07) is 14.3. The molecule has 50 heavy (non-hydrogen) atoms. The van der Waals surface area contributed by atoms with Gasteiger partial charge in [-0.25, -0.2) is 0 Å². The quantitative estimate of drug-likeness (QED) is 0.194. The molecule has 0 fully saturated rings. The Morgan fingerprint density at radius 2 is 1.16 bits per heavy atom. The van der Waals surface area contributed by atoms with Gasteiger partial charge < -0.3 is 38.3 Å². The summed E-state index contributed by atoms with van der Waals surface area (Å²) in [6.07, 6.45) is 3.21. The summed E-state index contributed by atoms with van der Waals surface area (Å²) in [5.41, 5.74) is 8.54. The molecule has 4 aromatic rings. The van der Waals surface area contributed by atoms with E-state index in [1.807, 2.05) is 24.3 Å². The molecule has 4 aromatic carbocycles. The van der Waals surface area contributed by atoms with Gasteiger partial charge in [-0.05, 0) is 110 Å². The van der Waals surface area contributed by atoms with Gasteiger partial charge in [-0.15, -0.1) is 0 Å². The standard InChI is InChI=1S/C40H46N2O8/c1-41-11-9-22-15-31(44-3)33(46-5)19-26(22)28(41)14-25-18-32(45-4)35(48-7)21-30(25)50-36-17-24-13-29-38-23(10-12-42(29)2)16-37(49-8)40(43)39(38)27(24)20-34(36)47-6/h15-21,28-29,43H,9-14H2,1-8H3/t28-,29-/m1/s1. The van der Waals surface area contributed by atoms with Gasteiger partial charge in [-0.1, -0.05) is 0 Å². The van der Waals surface area contributed by atoms with E-state index in [1.54, 1.807) is 42.7 Å².